The molecule has 1 aliphatic carbocycles. The van der Waals surface area contributed by atoms with Gasteiger partial charge in [0, 0.05) is 10.0 Å². The van der Waals surface area contributed by atoms with Gasteiger partial charge < -0.3 is 0 Å². The van der Waals surface area contributed by atoms with Crippen molar-refractivity contribution >= 4 is 15.9 Å². The summed E-state index contributed by atoms with van der Waals surface area (Å²) in [4.78, 5) is 18.9. The van der Waals surface area contributed by atoms with E-state index in [0.29, 0.717) is 5.92 Å². The number of aromatic nitrogens is 2. The lowest BCUT2D eigenvalue weighted by Gasteiger charge is -2.28. The third-order valence-corrected chi connectivity index (χ3v) is 7.53. The van der Waals surface area contributed by atoms with Crippen molar-refractivity contribution in [2.75, 3.05) is 0 Å². The van der Waals surface area contributed by atoms with Gasteiger partial charge in [-0.25, -0.2) is 4.98 Å². The number of hydrogen-bond donors (Lipinski definition) is 0. The van der Waals surface area contributed by atoms with Crippen LogP contribution < -0.4 is 5.56 Å². The van der Waals surface area contributed by atoms with Crippen molar-refractivity contribution < 1.29 is 0 Å². The molecule has 1 unspecified atom stereocenters. The van der Waals surface area contributed by atoms with E-state index >= 15 is 0 Å². The van der Waals surface area contributed by atoms with Gasteiger partial charge >= 0.3 is 0 Å². The summed E-state index contributed by atoms with van der Waals surface area (Å²) in [5, 5.41) is 0. The Labute approximate surface area is 209 Å². The van der Waals surface area contributed by atoms with Crippen LogP contribution >= 0.6 is 15.9 Å². The highest BCUT2D eigenvalue weighted by atomic mass is 79.9. The van der Waals surface area contributed by atoms with Crippen LogP contribution in [0.4, 0.5) is 0 Å². The van der Waals surface area contributed by atoms with Gasteiger partial charge in [0.25, 0.3) is 5.56 Å². The van der Waals surface area contributed by atoms with Crippen LogP contribution in [0.1, 0.15) is 52.7 Å². The smallest absolute Gasteiger partial charge is 0.257 e. The molecule has 3 nitrogen and oxygen atoms in total. The van der Waals surface area contributed by atoms with Gasteiger partial charge in [-0.2, -0.15) is 0 Å². The van der Waals surface area contributed by atoms with Crippen molar-refractivity contribution in [2.45, 2.75) is 45.1 Å². The first-order chi connectivity index (χ1) is 16.6. The number of aryl methyl sites for hydroxylation is 2. The largest absolute Gasteiger partial charge is 0.285 e. The summed E-state index contributed by atoms with van der Waals surface area (Å²) in [6, 6.07) is 29.0. The Morgan fingerprint density at radius 3 is 2.18 bits per heavy atom. The molecule has 0 N–H and O–H groups in total. The fourth-order valence-electron chi connectivity index (χ4n) is 5.21. The molecule has 0 radical (unpaired) electrons. The van der Waals surface area contributed by atoms with Crippen LogP contribution in [0.15, 0.2) is 94.2 Å². The molecule has 4 heteroatoms. The molecule has 1 aromatic heterocycles. The molecule has 34 heavy (non-hydrogen) atoms. The molecule has 1 atom stereocenters. The summed E-state index contributed by atoms with van der Waals surface area (Å²) >= 11 is 3.51. The Morgan fingerprint density at radius 2 is 1.56 bits per heavy atom. The van der Waals surface area contributed by atoms with Crippen molar-refractivity contribution in [3.8, 4) is 0 Å². The third-order valence-electron chi connectivity index (χ3n) is 7.00. The molecule has 3 aromatic carbocycles. The number of halogens is 1. The van der Waals surface area contributed by atoms with Crippen molar-refractivity contribution in [1.82, 2.24) is 9.55 Å². The standard InChI is InChI=1S/C30H29BrN2O/c1-21-32-28-20-23(13-12-22-14-17-26(31)18-15-22)16-19-27(28)30(34)33(21)29(24-8-4-2-5-9-24)25-10-6-3-7-11-25/h2-11,14-15,17-18,23,29H,12-13,16,19-20H2,1H3. The van der Waals surface area contributed by atoms with E-state index in [4.69, 9.17) is 4.98 Å². The Kier molecular flexibility index (Phi) is 6.77. The SMILES string of the molecule is Cc1nc2c(c(=O)n1C(c1ccccc1)c1ccccc1)CCC(CCc1ccc(Br)cc1)C2. The van der Waals surface area contributed by atoms with Crippen LogP contribution in [-0.4, -0.2) is 9.55 Å². The second-order valence-electron chi connectivity index (χ2n) is 9.26. The highest BCUT2D eigenvalue weighted by Crippen LogP contribution is 2.30. The number of nitrogens with zero attached hydrogens (tertiary/aromatic N) is 2. The Bertz CT molecular complexity index is 1270. The maximum atomic E-state index is 13.9. The third kappa shape index (κ3) is 4.78. The number of fused-ring (bicyclic) bond motifs is 1. The van der Waals surface area contributed by atoms with Crippen molar-refractivity contribution in [1.29, 1.82) is 0 Å². The second kappa shape index (κ2) is 10.1. The molecule has 0 fully saturated rings. The van der Waals surface area contributed by atoms with Crippen molar-refractivity contribution in [2.24, 2.45) is 5.92 Å². The molecule has 0 amide bonds. The van der Waals surface area contributed by atoms with E-state index in [9.17, 15) is 4.79 Å². The van der Waals surface area contributed by atoms with Crippen LogP contribution in [0, 0.1) is 12.8 Å². The molecule has 5 rings (SSSR count). The maximum Gasteiger partial charge on any atom is 0.257 e. The summed E-state index contributed by atoms with van der Waals surface area (Å²) in [6.07, 6.45) is 4.94. The minimum Gasteiger partial charge on any atom is -0.285 e. The number of benzene rings is 3. The molecular formula is C30H29BrN2O. The Hall–Kier alpha value is -2.98. The lowest BCUT2D eigenvalue weighted by atomic mass is 9.83. The van der Waals surface area contributed by atoms with E-state index < -0.39 is 0 Å². The maximum absolute atomic E-state index is 13.9. The monoisotopic (exact) mass is 512 g/mol. The second-order valence-corrected chi connectivity index (χ2v) is 10.2. The molecule has 0 spiro atoms. The predicted molar refractivity (Wildman–Crippen MR) is 141 cm³/mol. The van der Waals surface area contributed by atoms with Crippen LogP contribution in [0.25, 0.3) is 0 Å². The fourth-order valence-corrected chi connectivity index (χ4v) is 5.47. The molecule has 0 aliphatic heterocycles. The molecule has 0 saturated heterocycles. The first kappa shape index (κ1) is 22.8. The van der Waals surface area contributed by atoms with E-state index in [-0.39, 0.29) is 11.6 Å². The molecule has 4 aromatic rings. The van der Waals surface area contributed by atoms with Crippen LogP contribution in [-0.2, 0) is 19.3 Å². The van der Waals surface area contributed by atoms with Crippen molar-refractivity contribution in [3.05, 3.63) is 134 Å². The van der Waals surface area contributed by atoms with Crippen molar-refractivity contribution in [3.63, 3.8) is 0 Å². The lowest BCUT2D eigenvalue weighted by Crippen LogP contribution is -2.35. The first-order valence-corrected chi connectivity index (χ1v) is 12.8. The van der Waals surface area contributed by atoms with E-state index in [0.717, 1.165) is 64.8 Å². The van der Waals surface area contributed by atoms with Gasteiger partial charge in [-0.1, -0.05) is 88.7 Å². The Morgan fingerprint density at radius 1 is 0.941 bits per heavy atom. The zero-order valence-electron chi connectivity index (χ0n) is 19.5. The van der Waals surface area contributed by atoms with Crippen LogP contribution in [0.2, 0.25) is 0 Å². The predicted octanol–water partition coefficient (Wildman–Crippen LogP) is 6.69. The number of hydrogen-bond acceptors (Lipinski definition) is 2. The molecule has 172 valence electrons. The highest BCUT2D eigenvalue weighted by molar-refractivity contribution is 9.10. The van der Waals surface area contributed by atoms with E-state index in [1.54, 1.807) is 0 Å². The van der Waals surface area contributed by atoms with Gasteiger partial charge in [0.1, 0.15) is 5.82 Å². The molecule has 0 saturated carbocycles. The first-order valence-electron chi connectivity index (χ1n) is 12.1. The highest BCUT2D eigenvalue weighted by Gasteiger charge is 2.27. The van der Waals surface area contributed by atoms with Gasteiger partial charge in [0.05, 0.1) is 11.7 Å². The van der Waals surface area contributed by atoms with E-state index in [2.05, 4.69) is 64.5 Å². The van der Waals surface area contributed by atoms with Gasteiger partial charge in [-0.3, -0.25) is 9.36 Å². The summed E-state index contributed by atoms with van der Waals surface area (Å²) in [6.45, 7) is 1.98. The normalized spacial score (nSPS) is 15.3. The van der Waals surface area contributed by atoms with Crippen LogP contribution in [0.3, 0.4) is 0 Å². The van der Waals surface area contributed by atoms with E-state index in [1.165, 1.54) is 5.56 Å². The van der Waals surface area contributed by atoms with Gasteiger partial charge in [0.2, 0.25) is 0 Å². The zero-order valence-corrected chi connectivity index (χ0v) is 21.0. The quantitative estimate of drug-likeness (QED) is 0.288. The molecule has 0 bridgehead atoms. The minimum absolute atomic E-state index is 0.117. The topological polar surface area (TPSA) is 34.9 Å². The minimum atomic E-state index is -0.178. The van der Waals surface area contributed by atoms with Gasteiger partial charge in [-0.05, 0) is 73.8 Å². The zero-order chi connectivity index (χ0) is 23.5. The number of rotatable bonds is 6. The fraction of sp³-hybridized carbons (Fsp3) is 0.267. The molecule has 1 aliphatic rings. The van der Waals surface area contributed by atoms with Crippen LogP contribution in [0.5, 0.6) is 0 Å². The Balaban J connectivity index is 1.45. The average Bonchev–Trinajstić information content (AvgIpc) is 2.87. The summed E-state index contributed by atoms with van der Waals surface area (Å²) in [7, 11) is 0. The average molecular weight is 513 g/mol. The summed E-state index contributed by atoms with van der Waals surface area (Å²) in [5.74, 6) is 1.35. The van der Waals surface area contributed by atoms with Gasteiger partial charge in [-0.15, -0.1) is 0 Å². The molecule has 1 heterocycles. The van der Waals surface area contributed by atoms with E-state index in [1.807, 2.05) is 47.9 Å². The lowest BCUT2D eigenvalue weighted by molar-refractivity contribution is 0.412. The molecular weight excluding hydrogens is 484 g/mol. The van der Waals surface area contributed by atoms with Gasteiger partial charge in [0.15, 0.2) is 0 Å². The summed E-state index contributed by atoms with van der Waals surface area (Å²) < 4.78 is 3.02. The summed E-state index contributed by atoms with van der Waals surface area (Å²) in [5.41, 5.74) is 5.59.